The molecule has 3 rings (SSSR count). The lowest BCUT2D eigenvalue weighted by Gasteiger charge is -2.17. The van der Waals surface area contributed by atoms with Crippen LogP contribution < -0.4 is 0 Å². The summed E-state index contributed by atoms with van der Waals surface area (Å²) in [6.07, 6.45) is 1.03. The van der Waals surface area contributed by atoms with Crippen LogP contribution in [0.15, 0.2) is 18.2 Å². The fourth-order valence-corrected chi connectivity index (χ4v) is 3.27. The Hall–Kier alpha value is -1.30. The molecule has 1 aromatic heterocycles. The van der Waals surface area contributed by atoms with Crippen LogP contribution in [0.1, 0.15) is 47.0 Å². The SMILES string of the molecule is O=C1CCCc2c1[nH]c1ccc(C(O)C(O)CCS)cc21. The minimum absolute atomic E-state index is 0.157. The average Bonchev–Trinajstić information content (AvgIpc) is 2.86. The summed E-state index contributed by atoms with van der Waals surface area (Å²) in [5.74, 6) is 0.679. The molecular weight excluding hydrogens is 286 g/mol. The van der Waals surface area contributed by atoms with Gasteiger partial charge in [-0.3, -0.25) is 4.79 Å². The van der Waals surface area contributed by atoms with E-state index >= 15 is 0 Å². The van der Waals surface area contributed by atoms with Crippen LogP contribution in [0.3, 0.4) is 0 Å². The van der Waals surface area contributed by atoms with Crippen molar-refractivity contribution in [3.63, 3.8) is 0 Å². The van der Waals surface area contributed by atoms with E-state index in [-0.39, 0.29) is 5.78 Å². The van der Waals surface area contributed by atoms with Crippen molar-refractivity contribution in [1.29, 1.82) is 0 Å². The number of rotatable bonds is 4. The lowest BCUT2D eigenvalue weighted by molar-refractivity contribution is 0.0173. The highest BCUT2D eigenvalue weighted by molar-refractivity contribution is 7.80. The summed E-state index contributed by atoms with van der Waals surface area (Å²) in [6.45, 7) is 0. The first kappa shape index (κ1) is 14.6. The van der Waals surface area contributed by atoms with E-state index in [0.29, 0.717) is 29.9 Å². The van der Waals surface area contributed by atoms with Crippen molar-refractivity contribution < 1.29 is 15.0 Å². The Morgan fingerprint density at radius 3 is 2.86 bits per heavy atom. The molecule has 0 amide bonds. The van der Waals surface area contributed by atoms with Gasteiger partial charge in [0.1, 0.15) is 6.10 Å². The molecule has 3 N–H and O–H groups in total. The highest BCUT2D eigenvalue weighted by atomic mass is 32.1. The van der Waals surface area contributed by atoms with Crippen molar-refractivity contribution in [3.8, 4) is 0 Å². The lowest BCUT2D eigenvalue weighted by Crippen LogP contribution is -2.18. The number of nitrogens with one attached hydrogen (secondary N) is 1. The number of aromatic nitrogens is 1. The molecule has 1 heterocycles. The predicted molar refractivity (Wildman–Crippen MR) is 85.0 cm³/mol. The van der Waals surface area contributed by atoms with Gasteiger partial charge in [0.2, 0.25) is 0 Å². The second-order valence-corrected chi connectivity index (χ2v) is 6.03. The molecule has 0 aliphatic heterocycles. The van der Waals surface area contributed by atoms with E-state index < -0.39 is 12.2 Å². The van der Waals surface area contributed by atoms with Gasteiger partial charge in [-0.05, 0) is 48.3 Å². The second kappa shape index (κ2) is 5.83. The van der Waals surface area contributed by atoms with Crippen molar-refractivity contribution in [2.24, 2.45) is 0 Å². The Kier molecular flexibility index (Phi) is 4.06. The highest BCUT2D eigenvalue weighted by Crippen LogP contribution is 2.31. The number of hydrogen-bond donors (Lipinski definition) is 4. The van der Waals surface area contributed by atoms with E-state index in [1.807, 2.05) is 12.1 Å². The Morgan fingerprint density at radius 1 is 1.29 bits per heavy atom. The third kappa shape index (κ3) is 2.61. The van der Waals surface area contributed by atoms with Crippen LogP contribution in [-0.4, -0.2) is 32.8 Å². The fraction of sp³-hybridized carbons (Fsp3) is 0.438. The molecule has 0 bridgehead atoms. The molecule has 2 atom stereocenters. The third-order valence-electron chi connectivity index (χ3n) is 4.17. The minimum Gasteiger partial charge on any atom is -0.390 e. The predicted octanol–water partition coefficient (Wildman–Crippen LogP) is 2.40. The van der Waals surface area contributed by atoms with Crippen LogP contribution in [0.4, 0.5) is 0 Å². The number of hydrogen-bond acceptors (Lipinski definition) is 4. The topological polar surface area (TPSA) is 73.3 Å². The Balaban J connectivity index is 2.02. The molecule has 1 aliphatic rings. The van der Waals surface area contributed by atoms with Crippen LogP contribution in [0, 0.1) is 0 Å². The Labute approximate surface area is 128 Å². The monoisotopic (exact) mass is 305 g/mol. The summed E-state index contributed by atoms with van der Waals surface area (Å²) in [5, 5.41) is 21.1. The van der Waals surface area contributed by atoms with Crippen LogP contribution in [0.2, 0.25) is 0 Å². The van der Waals surface area contributed by atoms with E-state index in [1.54, 1.807) is 6.07 Å². The molecule has 5 heteroatoms. The van der Waals surface area contributed by atoms with E-state index in [2.05, 4.69) is 17.6 Å². The number of aryl methyl sites for hydroxylation is 1. The summed E-state index contributed by atoms with van der Waals surface area (Å²) in [4.78, 5) is 15.1. The molecular formula is C16H19NO3S. The molecule has 0 saturated carbocycles. The van der Waals surface area contributed by atoms with Crippen molar-refractivity contribution in [2.75, 3.05) is 5.75 Å². The zero-order chi connectivity index (χ0) is 15.0. The van der Waals surface area contributed by atoms with Gasteiger partial charge >= 0.3 is 0 Å². The summed E-state index contributed by atoms with van der Waals surface area (Å²) in [7, 11) is 0. The molecule has 0 spiro atoms. The minimum atomic E-state index is -0.925. The molecule has 21 heavy (non-hydrogen) atoms. The van der Waals surface area contributed by atoms with Gasteiger partial charge in [0, 0.05) is 17.3 Å². The van der Waals surface area contributed by atoms with Crippen LogP contribution in [-0.2, 0) is 6.42 Å². The first-order valence-corrected chi connectivity index (χ1v) is 7.89. The number of aliphatic hydroxyl groups excluding tert-OH is 2. The number of aliphatic hydroxyl groups is 2. The number of H-pyrrole nitrogens is 1. The molecule has 2 aromatic rings. The van der Waals surface area contributed by atoms with Crippen LogP contribution in [0.5, 0.6) is 0 Å². The molecule has 0 fully saturated rings. The first-order chi connectivity index (χ1) is 10.1. The molecule has 4 nitrogen and oxygen atoms in total. The zero-order valence-electron chi connectivity index (χ0n) is 11.7. The average molecular weight is 305 g/mol. The van der Waals surface area contributed by atoms with Gasteiger partial charge in [0.05, 0.1) is 11.8 Å². The van der Waals surface area contributed by atoms with E-state index in [0.717, 1.165) is 29.3 Å². The van der Waals surface area contributed by atoms with E-state index in [9.17, 15) is 15.0 Å². The number of benzene rings is 1. The smallest absolute Gasteiger partial charge is 0.179 e. The second-order valence-electron chi connectivity index (χ2n) is 5.58. The maximum Gasteiger partial charge on any atom is 0.179 e. The third-order valence-corrected chi connectivity index (χ3v) is 4.43. The molecule has 0 saturated heterocycles. The van der Waals surface area contributed by atoms with Gasteiger partial charge in [-0.25, -0.2) is 0 Å². The summed E-state index contributed by atoms with van der Waals surface area (Å²) in [6, 6.07) is 5.55. The summed E-state index contributed by atoms with van der Waals surface area (Å²) < 4.78 is 0. The van der Waals surface area contributed by atoms with Crippen LogP contribution in [0.25, 0.3) is 10.9 Å². The van der Waals surface area contributed by atoms with E-state index in [1.165, 1.54) is 0 Å². The number of fused-ring (bicyclic) bond motifs is 3. The summed E-state index contributed by atoms with van der Waals surface area (Å²) >= 11 is 4.08. The van der Waals surface area contributed by atoms with Gasteiger partial charge in [0.25, 0.3) is 0 Å². The summed E-state index contributed by atoms with van der Waals surface area (Å²) in [5.41, 5.74) is 3.34. The Bertz CT molecular complexity index is 679. The van der Waals surface area contributed by atoms with Crippen LogP contribution >= 0.6 is 12.6 Å². The van der Waals surface area contributed by atoms with Crippen molar-refractivity contribution in [1.82, 2.24) is 4.98 Å². The maximum absolute atomic E-state index is 11.9. The first-order valence-electron chi connectivity index (χ1n) is 7.26. The number of carbonyl (C=O) groups excluding carboxylic acids is 1. The maximum atomic E-state index is 11.9. The molecule has 1 aliphatic carbocycles. The van der Waals surface area contributed by atoms with Gasteiger partial charge in [-0.1, -0.05) is 6.07 Å². The number of thiol groups is 1. The number of Topliss-reactive ketones (excluding diaryl/α,β-unsaturated/α-hetero) is 1. The quantitative estimate of drug-likeness (QED) is 0.655. The standard InChI is InChI=1S/C16H19NO3S/c18-13-3-1-2-10-11-8-9(16(20)14(19)6-7-21)4-5-12(11)17-15(10)13/h4-5,8,14,16-17,19-21H,1-3,6-7H2. The largest absolute Gasteiger partial charge is 0.390 e. The van der Waals surface area contributed by atoms with Gasteiger partial charge in [-0.15, -0.1) is 0 Å². The molecule has 0 radical (unpaired) electrons. The van der Waals surface area contributed by atoms with Gasteiger partial charge in [0.15, 0.2) is 5.78 Å². The van der Waals surface area contributed by atoms with Crippen molar-refractivity contribution >= 4 is 29.3 Å². The number of carbonyl (C=O) groups is 1. The number of aromatic amines is 1. The lowest BCUT2D eigenvalue weighted by atomic mass is 9.93. The molecule has 112 valence electrons. The van der Waals surface area contributed by atoms with Gasteiger partial charge in [-0.2, -0.15) is 12.6 Å². The molecule has 1 aromatic carbocycles. The number of ketones is 1. The van der Waals surface area contributed by atoms with Crippen molar-refractivity contribution in [3.05, 3.63) is 35.0 Å². The zero-order valence-corrected chi connectivity index (χ0v) is 12.6. The fourth-order valence-electron chi connectivity index (χ4n) is 3.01. The molecule has 2 unspecified atom stereocenters. The van der Waals surface area contributed by atoms with Crippen molar-refractivity contribution in [2.45, 2.75) is 37.9 Å². The van der Waals surface area contributed by atoms with Gasteiger partial charge < -0.3 is 15.2 Å². The highest BCUT2D eigenvalue weighted by Gasteiger charge is 2.23. The normalized spacial score (nSPS) is 17.8. The van der Waals surface area contributed by atoms with E-state index in [4.69, 9.17) is 0 Å². The Morgan fingerprint density at radius 2 is 2.10 bits per heavy atom.